The monoisotopic (exact) mass is 461 g/mol. The summed E-state index contributed by atoms with van der Waals surface area (Å²) < 4.78 is 55.0. The quantitative estimate of drug-likeness (QED) is 0.584. The average Bonchev–Trinajstić information content (AvgIpc) is 2.57. The second kappa shape index (κ2) is 7.25. The number of nitrogens with zero attached hydrogens (tertiary/aromatic N) is 1. The summed E-state index contributed by atoms with van der Waals surface area (Å²) in [6.07, 6.45) is 9.71. The summed E-state index contributed by atoms with van der Waals surface area (Å²) in [4.78, 5) is 12.5. The maximum absolute atomic E-state index is 12.6. The van der Waals surface area contributed by atoms with Gasteiger partial charge in [0.15, 0.2) is 0 Å². The second-order valence-electron chi connectivity index (χ2n) is 10.8. The molecule has 0 aromatic rings. The van der Waals surface area contributed by atoms with Gasteiger partial charge in [0.25, 0.3) is 10.1 Å². The number of fused-ring (bicyclic) bond motifs is 1. The van der Waals surface area contributed by atoms with Crippen molar-refractivity contribution in [2.24, 2.45) is 28.1 Å². The fourth-order valence-corrected chi connectivity index (χ4v) is 9.41. The van der Waals surface area contributed by atoms with Gasteiger partial charge in [0, 0.05) is 25.9 Å². The molecule has 3 aliphatic carbocycles. The molecule has 7 nitrogen and oxygen atoms in total. The first-order chi connectivity index (χ1) is 13.8. The van der Waals surface area contributed by atoms with Crippen molar-refractivity contribution in [1.82, 2.24) is 4.31 Å². The summed E-state index contributed by atoms with van der Waals surface area (Å²) in [7, 11) is -6.84. The van der Waals surface area contributed by atoms with Gasteiger partial charge in [0.2, 0.25) is 10.0 Å². The van der Waals surface area contributed by atoms with E-state index in [1.54, 1.807) is 4.31 Å². The van der Waals surface area contributed by atoms with E-state index in [1.165, 1.54) is 6.26 Å². The van der Waals surface area contributed by atoms with Crippen molar-refractivity contribution in [2.75, 3.05) is 32.2 Å². The van der Waals surface area contributed by atoms with E-state index < -0.39 is 20.1 Å². The van der Waals surface area contributed by atoms with Gasteiger partial charge >= 0.3 is 0 Å². The van der Waals surface area contributed by atoms with Gasteiger partial charge in [0.05, 0.1) is 19.1 Å². The molecular formula is C21H35NO6S2. The fourth-order valence-electron chi connectivity index (χ4n) is 8.02. The van der Waals surface area contributed by atoms with E-state index in [2.05, 4.69) is 6.92 Å². The first kappa shape index (κ1) is 22.7. The van der Waals surface area contributed by atoms with Crippen molar-refractivity contribution < 1.29 is 25.8 Å². The average molecular weight is 462 g/mol. The van der Waals surface area contributed by atoms with Crippen LogP contribution >= 0.6 is 0 Å². The molecule has 0 spiro atoms. The molecule has 0 N–H and O–H groups in total. The Labute approximate surface area is 181 Å². The van der Waals surface area contributed by atoms with Crippen LogP contribution in [0.2, 0.25) is 0 Å². The van der Waals surface area contributed by atoms with Gasteiger partial charge in [-0.1, -0.05) is 13.3 Å². The topological polar surface area (TPSA) is 97.8 Å². The van der Waals surface area contributed by atoms with Gasteiger partial charge in [-0.15, -0.1) is 0 Å². The number of carbonyl (C=O) groups is 1. The molecule has 172 valence electrons. The highest BCUT2D eigenvalue weighted by atomic mass is 32.2. The Kier molecular flexibility index (Phi) is 5.48. The number of hydrogen-bond acceptors (Lipinski definition) is 6. The molecule has 1 saturated heterocycles. The fraction of sp³-hybridized carbons (Fsp3) is 0.952. The largest absolute Gasteiger partial charge is 0.300 e. The zero-order chi connectivity index (χ0) is 22.0. The molecule has 1 heterocycles. The number of rotatable bonds is 5. The highest BCUT2D eigenvalue weighted by molar-refractivity contribution is 7.88. The summed E-state index contributed by atoms with van der Waals surface area (Å²) in [6, 6.07) is 0. The first-order valence-electron chi connectivity index (χ1n) is 11.1. The van der Waals surface area contributed by atoms with E-state index in [1.807, 2.05) is 0 Å². The van der Waals surface area contributed by atoms with Crippen LogP contribution in [0.15, 0.2) is 0 Å². The van der Waals surface area contributed by atoms with Gasteiger partial charge in [0.1, 0.15) is 5.78 Å². The third-order valence-corrected chi connectivity index (χ3v) is 10.7. The Morgan fingerprint density at radius 3 is 2.43 bits per heavy atom. The van der Waals surface area contributed by atoms with Gasteiger partial charge < -0.3 is 0 Å². The van der Waals surface area contributed by atoms with Crippen LogP contribution in [-0.2, 0) is 29.1 Å². The lowest BCUT2D eigenvalue weighted by Gasteiger charge is -2.69. The van der Waals surface area contributed by atoms with Gasteiger partial charge in [-0.2, -0.15) is 8.42 Å². The van der Waals surface area contributed by atoms with Gasteiger partial charge in [-0.3, -0.25) is 8.98 Å². The minimum absolute atomic E-state index is 0.0313. The number of Topliss-reactive ketones (excluding diaryl/α,β-unsaturated/α-hetero) is 1. The first-order valence-corrected chi connectivity index (χ1v) is 14.8. The van der Waals surface area contributed by atoms with Crippen LogP contribution in [0.3, 0.4) is 0 Å². The summed E-state index contributed by atoms with van der Waals surface area (Å²) in [6.45, 7) is 3.49. The highest BCUT2D eigenvalue weighted by Gasteiger charge is 2.66. The Morgan fingerprint density at radius 2 is 1.77 bits per heavy atom. The van der Waals surface area contributed by atoms with Gasteiger partial charge in [-0.05, 0) is 66.6 Å². The predicted octanol–water partition coefficient (Wildman–Crippen LogP) is 2.57. The van der Waals surface area contributed by atoms with Crippen molar-refractivity contribution in [3.63, 3.8) is 0 Å². The summed E-state index contributed by atoms with van der Waals surface area (Å²) in [5, 5.41) is 0. The van der Waals surface area contributed by atoms with E-state index in [9.17, 15) is 21.6 Å². The normalized spacial score (nSPS) is 42.4. The zero-order valence-electron chi connectivity index (χ0n) is 18.4. The molecule has 9 heteroatoms. The Morgan fingerprint density at radius 1 is 1.03 bits per heavy atom. The Bertz CT molecular complexity index is 931. The van der Waals surface area contributed by atoms with E-state index in [-0.39, 0.29) is 34.6 Å². The number of piperidine rings is 1. The molecule has 2 bridgehead atoms. The zero-order valence-corrected chi connectivity index (χ0v) is 20.0. The van der Waals surface area contributed by atoms with Crippen LogP contribution in [0, 0.1) is 28.1 Å². The number of ketones is 1. The second-order valence-corrected chi connectivity index (χ2v) is 14.4. The van der Waals surface area contributed by atoms with E-state index in [0.29, 0.717) is 38.3 Å². The van der Waals surface area contributed by atoms with Crippen LogP contribution in [0.4, 0.5) is 0 Å². The Balaban J connectivity index is 1.73. The van der Waals surface area contributed by atoms with E-state index >= 15 is 0 Å². The molecule has 4 rings (SSSR count). The Hall–Kier alpha value is -0.510. The van der Waals surface area contributed by atoms with Crippen molar-refractivity contribution in [3.05, 3.63) is 0 Å². The number of carbonyl (C=O) groups excluding carboxylic acids is 1. The van der Waals surface area contributed by atoms with Crippen molar-refractivity contribution in [3.8, 4) is 0 Å². The van der Waals surface area contributed by atoms with E-state index in [0.717, 1.165) is 44.8 Å². The smallest absolute Gasteiger partial charge is 0.264 e. The third kappa shape index (κ3) is 3.77. The lowest BCUT2D eigenvalue weighted by atomic mass is 9.38. The predicted molar refractivity (Wildman–Crippen MR) is 114 cm³/mol. The molecule has 3 unspecified atom stereocenters. The lowest BCUT2D eigenvalue weighted by Crippen LogP contribution is -2.68. The molecule has 5 atom stereocenters. The molecule has 4 aliphatic rings. The number of hydrogen-bond donors (Lipinski definition) is 0. The summed E-state index contributed by atoms with van der Waals surface area (Å²) in [5.74, 6) is 0.933. The standard InChI is InChI=1S/C21H35NO6S2/c1-19-8-4-9-21(15-22(14-19)29(2,24)25)17(19)7-10-20(11-12-28-30(3,26)27)13-16(23)5-6-18(20)21/h17-18H,4-15H2,1-3H3/t17-,18?,19?,20+,21?/m1/s1. The molecule has 0 aromatic carbocycles. The SMILES string of the molecule is CC12CCCC3(CN(S(C)(=O)=O)C1)C1CCC(=O)C[C@@]1(CCOS(C)(=O)=O)CC[C@H]23. The highest BCUT2D eigenvalue weighted by Crippen LogP contribution is 2.70. The van der Waals surface area contributed by atoms with Crippen LogP contribution in [-0.4, -0.2) is 59.1 Å². The third-order valence-electron chi connectivity index (χ3n) is 8.93. The minimum Gasteiger partial charge on any atom is -0.300 e. The molecule has 1 aliphatic heterocycles. The molecule has 3 saturated carbocycles. The summed E-state index contributed by atoms with van der Waals surface area (Å²) in [5.41, 5.74) is -0.440. The van der Waals surface area contributed by atoms with Crippen LogP contribution in [0.25, 0.3) is 0 Å². The van der Waals surface area contributed by atoms with Gasteiger partial charge in [-0.25, -0.2) is 12.7 Å². The lowest BCUT2D eigenvalue weighted by molar-refractivity contribution is -0.197. The molecule has 4 fully saturated rings. The summed E-state index contributed by atoms with van der Waals surface area (Å²) >= 11 is 0. The van der Waals surface area contributed by atoms with Crippen molar-refractivity contribution in [2.45, 2.75) is 64.7 Å². The van der Waals surface area contributed by atoms with E-state index in [4.69, 9.17) is 4.18 Å². The van der Waals surface area contributed by atoms with Crippen LogP contribution < -0.4 is 0 Å². The molecule has 30 heavy (non-hydrogen) atoms. The molecular weight excluding hydrogens is 426 g/mol. The van der Waals surface area contributed by atoms with Crippen molar-refractivity contribution in [1.29, 1.82) is 0 Å². The number of sulfonamides is 1. The minimum atomic E-state index is -3.53. The maximum Gasteiger partial charge on any atom is 0.264 e. The van der Waals surface area contributed by atoms with Crippen molar-refractivity contribution >= 4 is 25.9 Å². The molecule has 0 aromatic heterocycles. The van der Waals surface area contributed by atoms with Crippen LogP contribution in [0.1, 0.15) is 64.7 Å². The maximum atomic E-state index is 12.6. The van der Waals surface area contributed by atoms with Crippen LogP contribution in [0.5, 0.6) is 0 Å². The molecule has 0 amide bonds. The molecule has 0 radical (unpaired) electrons.